The number of rotatable bonds is 10. The molecule has 0 amide bonds. The Morgan fingerprint density at radius 1 is 1.05 bits per heavy atom. The third kappa shape index (κ3) is 5.58. The van der Waals surface area contributed by atoms with Gasteiger partial charge in [-0.15, -0.1) is 0 Å². The quantitative estimate of drug-likeness (QED) is 0.486. The molecule has 0 N–H and O–H groups in total. The molecule has 0 unspecified atom stereocenters. The standard InChI is InChI=1S/C17H24O4/c1-4-7-8-13(18)11-16(19)15-12-14(20-5-2)9-10-17(15)21-6-3/h9-10,12H,4-8,11H2,1-3H3. The third-order valence-corrected chi connectivity index (χ3v) is 3.03. The van der Waals surface area contributed by atoms with Gasteiger partial charge in [-0.25, -0.2) is 0 Å². The van der Waals surface area contributed by atoms with Gasteiger partial charge in [0, 0.05) is 6.42 Å². The van der Waals surface area contributed by atoms with Crippen LogP contribution in [0.1, 0.15) is 56.8 Å². The van der Waals surface area contributed by atoms with Gasteiger partial charge in [0.25, 0.3) is 0 Å². The first-order valence-electron chi connectivity index (χ1n) is 7.56. The number of carbonyl (C=O) groups excluding carboxylic acids is 2. The molecule has 1 aromatic carbocycles. The lowest BCUT2D eigenvalue weighted by Gasteiger charge is -2.11. The van der Waals surface area contributed by atoms with Crippen molar-refractivity contribution in [2.24, 2.45) is 0 Å². The Kier molecular flexibility index (Phi) is 7.51. The average molecular weight is 292 g/mol. The molecule has 0 heterocycles. The van der Waals surface area contributed by atoms with E-state index in [2.05, 4.69) is 0 Å². The Labute approximate surface area is 126 Å². The Morgan fingerprint density at radius 2 is 1.76 bits per heavy atom. The number of unbranched alkanes of at least 4 members (excludes halogenated alkanes) is 1. The monoisotopic (exact) mass is 292 g/mol. The maximum atomic E-state index is 12.3. The first-order chi connectivity index (χ1) is 10.1. The van der Waals surface area contributed by atoms with Gasteiger partial charge in [-0.1, -0.05) is 13.3 Å². The molecule has 0 spiro atoms. The van der Waals surface area contributed by atoms with Crippen LogP contribution < -0.4 is 9.47 Å². The SMILES string of the molecule is CCCCC(=O)CC(=O)c1cc(OCC)ccc1OCC. The molecule has 0 bridgehead atoms. The maximum absolute atomic E-state index is 12.3. The third-order valence-electron chi connectivity index (χ3n) is 3.03. The average Bonchev–Trinajstić information content (AvgIpc) is 2.47. The number of hydrogen-bond acceptors (Lipinski definition) is 4. The molecule has 1 aromatic rings. The number of carbonyl (C=O) groups is 2. The van der Waals surface area contributed by atoms with Gasteiger partial charge in [0.1, 0.15) is 17.3 Å². The highest BCUT2D eigenvalue weighted by atomic mass is 16.5. The molecule has 116 valence electrons. The highest BCUT2D eigenvalue weighted by molar-refractivity contribution is 6.09. The van der Waals surface area contributed by atoms with E-state index in [9.17, 15) is 9.59 Å². The van der Waals surface area contributed by atoms with E-state index >= 15 is 0 Å². The fourth-order valence-corrected chi connectivity index (χ4v) is 2.00. The summed E-state index contributed by atoms with van der Waals surface area (Å²) < 4.78 is 10.9. The van der Waals surface area contributed by atoms with Crippen molar-refractivity contribution in [2.75, 3.05) is 13.2 Å². The van der Waals surface area contributed by atoms with Crippen molar-refractivity contribution in [3.05, 3.63) is 23.8 Å². The van der Waals surface area contributed by atoms with Gasteiger partial charge >= 0.3 is 0 Å². The zero-order valence-corrected chi connectivity index (χ0v) is 13.1. The van der Waals surface area contributed by atoms with Crippen LogP contribution in [0.3, 0.4) is 0 Å². The van der Waals surface area contributed by atoms with E-state index in [1.54, 1.807) is 18.2 Å². The summed E-state index contributed by atoms with van der Waals surface area (Å²) in [5.41, 5.74) is 0.424. The summed E-state index contributed by atoms with van der Waals surface area (Å²) in [6, 6.07) is 5.15. The van der Waals surface area contributed by atoms with Crippen LogP contribution in [0.5, 0.6) is 11.5 Å². The maximum Gasteiger partial charge on any atom is 0.174 e. The van der Waals surface area contributed by atoms with E-state index in [4.69, 9.17) is 9.47 Å². The lowest BCUT2D eigenvalue weighted by Crippen LogP contribution is -2.10. The zero-order chi connectivity index (χ0) is 15.7. The zero-order valence-electron chi connectivity index (χ0n) is 13.1. The van der Waals surface area contributed by atoms with E-state index in [0.29, 0.717) is 36.7 Å². The molecule has 1 rings (SSSR count). The van der Waals surface area contributed by atoms with Crippen LogP contribution in [0.25, 0.3) is 0 Å². The van der Waals surface area contributed by atoms with Gasteiger partial charge in [-0.2, -0.15) is 0 Å². The van der Waals surface area contributed by atoms with Crippen LogP contribution in [0.2, 0.25) is 0 Å². The summed E-state index contributed by atoms with van der Waals surface area (Å²) in [6.45, 7) is 6.76. The molecular weight excluding hydrogens is 268 g/mol. The second-order valence-electron chi connectivity index (χ2n) is 4.77. The summed E-state index contributed by atoms with van der Waals surface area (Å²) >= 11 is 0. The highest BCUT2D eigenvalue weighted by Crippen LogP contribution is 2.26. The number of benzene rings is 1. The first kappa shape index (κ1) is 17.2. The molecule has 0 fully saturated rings. The largest absolute Gasteiger partial charge is 0.494 e. The minimum Gasteiger partial charge on any atom is -0.494 e. The molecule has 4 heteroatoms. The van der Waals surface area contributed by atoms with Gasteiger partial charge in [-0.05, 0) is 38.5 Å². The van der Waals surface area contributed by atoms with Gasteiger partial charge < -0.3 is 9.47 Å². The van der Waals surface area contributed by atoms with Gasteiger partial charge in [0.15, 0.2) is 5.78 Å². The Hall–Kier alpha value is -1.84. The second kappa shape index (κ2) is 9.16. The molecule has 4 nitrogen and oxygen atoms in total. The normalized spacial score (nSPS) is 10.2. The molecule has 0 aliphatic rings. The van der Waals surface area contributed by atoms with Crippen LogP contribution in [0, 0.1) is 0 Å². The number of ketones is 2. The predicted octanol–water partition coefficient (Wildman–Crippen LogP) is 3.82. The van der Waals surface area contributed by atoms with Crippen LogP contribution in [-0.2, 0) is 4.79 Å². The summed E-state index contributed by atoms with van der Waals surface area (Å²) in [6.07, 6.45) is 2.15. The summed E-state index contributed by atoms with van der Waals surface area (Å²) in [4.78, 5) is 24.1. The number of Topliss-reactive ketones (excluding diaryl/α,β-unsaturated/α-hetero) is 2. The summed E-state index contributed by atoms with van der Waals surface area (Å²) in [7, 11) is 0. The molecule has 21 heavy (non-hydrogen) atoms. The predicted molar refractivity (Wildman–Crippen MR) is 82.3 cm³/mol. The topological polar surface area (TPSA) is 52.6 Å². The molecule has 0 atom stereocenters. The Morgan fingerprint density at radius 3 is 2.38 bits per heavy atom. The highest BCUT2D eigenvalue weighted by Gasteiger charge is 2.17. The summed E-state index contributed by atoms with van der Waals surface area (Å²) in [5.74, 6) is 0.895. The minimum atomic E-state index is -0.207. The van der Waals surface area contributed by atoms with Crippen molar-refractivity contribution in [1.29, 1.82) is 0 Å². The van der Waals surface area contributed by atoms with Crippen molar-refractivity contribution in [2.45, 2.75) is 46.5 Å². The number of hydrogen-bond donors (Lipinski definition) is 0. The Bertz CT molecular complexity index is 480. The molecule has 0 aliphatic carbocycles. The summed E-state index contributed by atoms with van der Waals surface area (Å²) in [5, 5.41) is 0. The Balaban J connectivity index is 2.88. The van der Waals surface area contributed by atoms with E-state index in [-0.39, 0.29) is 18.0 Å². The van der Waals surface area contributed by atoms with E-state index in [0.717, 1.165) is 12.8 Å². The second-order valence-corrected chi connectivity index (χ2v) is 4.77. The van der Waals surface area contributed by atoms with Crippen molar-refractivity contribution in [3.8, 4) is 11.5 Å². The van der Waals surface area contributed by atoms with Crippen molar-refractivity contribution >= 4 is 11.6 Å². The molecule has 0 radical (unpaired) electrons. The van der Waals surface area contributed by atoms with E-state index in [1.807, 2.05) is 20.8 Å². The van der Waals surface area contributed by atoms with Crippen LogP contribution in [0.15, 0.2) is 18.2 Å². The minimum absolute atomic E-state index is 0.0221. The van der Waals surface area contributed by atoms with Crippen LogP contribution in [0.4, 0.5) is 0 Å². The van der Waals surface area contributed by atoms with Crippen molar-refractivity contribution < 1.29 is 19.1 Å². The van der Waals surface area contributed by atoms with Gasteiger partial charge in [0.2, 0.25) is 0 Å². The van der Waals surface area contributed by atoms with E-state index < -0.39 is 0 Å². The molecule has 0 aromatic heterocycles. The van der Waals surface area contributed by atoms with Crippen molar-refractivity contribution in [3.63, 3.8) is 0 Å². The lowest BCUT2D eigenvalue weighted by molar-refractivity contribution is -0.118. The molecule has 0 saturated heterocycles. The van der Waals surface area contributed by atoms with Gasteiger partial charge in [-0.3, -0.25) is 9.59 Å². The fraction of sp³-hybridized carbons (Fsp3) is 0.529. The fourth-order valence-electron chi connectivity index (χ4n) is 2.00. The van der Waals surface area contributed by atoms with Gasteiger partial charge in [0.05, 0.1) is 25.2 Å². The smallest absolute Gasteiger partial charge is 0.174 e. The molecule has 0 aliphatic heterocycles. The van der Waals surface area contributed by atoms with E-state index in [1.165, 1.54) is 0 Å². The van der Waals surface area contributed by atoms with Crippen molar-refractivity contribution in [1.82, 2.24) is 0 Å². The lowest BCUT2D eigenvalue weighted by atomic mass is 10.0. The molecule has 0 saturated carbocycles. The molecular formula is C17H24O4. The van der Waals surface area contributed by atoms with Crippen LogP contribution >= 0.6 is 0 Å². The van der Waals surface area contributed by atoms with Crippen LogP contribution in [-0.4, -0.2) is 24.8 Å². The first-order valence-corrected chi connectivity index (χ1v) is 7.56. The number of ether oxygens (including phenoxy) is 2.